The van der Waals surface area contributed by atoms with Crippen LogP contribution in [0.15, 0.2) is 35.0 Å². The topological polar surface area (TPSA) is 17.8 Å². The van der Waals surface area contributed by atoms with Gasteiger partial charge in [0.25, 0.3) is 0 Å². The average molecular weight is 291 g/mol. The Balaban J connectivity index is 2.21. The number of hydrogen-bond acceptors (Lipinski definition) is 2. The Morgan fingerprint density at radius 1 is 1.37 bits per heavy atom. The fourth-order valence-corrected chi connectivity index (χ4v) is 3.38. The third-order valence-electron chi connectivity index (χ3n) is 3.45. The molecule has 1 unspecified atom stereocenters. The maximum absolute atomic E-state index is 6.07. The molecule has 0 fully saturated rings. The van der Waals surface area contributed by atoms with Crippen molar-refractivity contribution in [3.05, 3.63) is 52.0 Å². The highest BCUT2D eigenvalue weighted by Gasteiger charge is 2.16. The van der Waals surface area contributed by atoms with E-state index in [1.807, 2.05) is 0 Å². The fraction of sp³-hybridized carbons (Fsp3) is 0.267. The molecule has 0 amide bonds. The summed E-state index contributed by atoms with van der Waals surface area (Å²) >= 11 is 7.79. The summed E-state index contributed by atoms with van der Waals surface area (Å²) in [5.41, 5.74) is 4.70. The van der Waals surface area contributed by atoms with Gasteiger partial charge in [0, 0.05) is 0 Å². The van der Waals surface area contributed by atoms with Gasteiger partial charge in [-0.1, -0.05) is 6.07 Å². The zero-order chi connectivity index (χ0) is 13.4. The number of thiophene rings is 1. The number of aryl methyl sites for hydroxylation is 1. The summed E-state index contributed by atoms with van der Waals surface area (Å²) in [5, 5.41) is 4.29. The Labute approximate surface area is 121 Å². The third-order valence-corrected chi connectivity index (χ3v) is 4.39. The van der Waals surface area contributed by atoms with Crippen LogP contribution in [-0.2, 0) is 5.88 Å². The number of rotatable bonds is 3. The third kappa shape index (κ3) is 2.17. The lowest BCUT2D eigenvalue weighted by molar-refractivity contribution is 0.636. The van der Waals surface area contributed by atoms with E-state index < -0.39 is 0 Å². The summed E-state index contributed by atoms with van der Waals surface area (Å²) in [6.45, 7) is 4.28. The number of hydrogen-bond donors (Lipinski definition) is 0. The van der Waals surface area contributed by atoms with E-state index in [9.17, 15) is 0 Å². The molecule has 0 bridgehead atoms. The van der Waals surface area contributed by atoms with Crippen molar-refractivity contribution in [3.8, 4) is 0 Å². The summed E-state index contributed by atoms with van der Waals surface area (Å²) < 4.78 is 2.24. The van der Waals surface area contributed by atoms with Crippen molar-refractivity contribution >= 4 is 34.0 Å². The molecule has 3 rings (SSSR count). The van der Waals surface area contributed by atoms with Crippen molar-refractivity contribution in [1.82, 2.24) is 9.55 Å². The maximum Gasteiger partial charge on any atom is 0.125 e. The second-order valence-electron chi connectivity index (χ2n) is 4.76. The summed E-state index contributed by atoms with van der Waals surface area (Å²) in [4.78, 5) is 4.66. The van der Waals surface area contributed by atoms with Crippen molar-refractivity contribution in [2.75, 3.05) is 0 Å². The fourth-order valence-electron chi connectivity index (χ4n) is 2.45. The minimum Gasteiger partial charge on any atom is -0.320 e. The number of imidazole rings is 1. The summed E-state index contributed by atoms with van der Waals surface area (Å²) in [7, 11) is 0. The van der Waals surface area contributed by atoms with Crippen LogP contribution in [0.5, 0.6) is 0 Å². The average Bonchev–Trinajstić information content (AvgIpc) is 3.04. The Morgan fingerprint density at radius 2 is 2.21 bits per heavy atom. The van der Waals surface area contributed by atoms with Gasteiger partial charge in [0.2, 0.25) is 0 Å². The summed E-state index contributed by atoms with van der Waals surface area (Å²) in [6, 6.07) is 8.79. The monoisotopic (exact) mass is 290 g/mol. The molecule has 1 atom stereocenters. The molecule has 0 aliphatic carbocycles. The standard InChI is InChI=1S/C15H15ClN2S/c1-10-3-4-14-13(7-10)17-15(8-16)18(14)11(2)12-5-6-19-9-12/h3-7,9,11H,8H2,1-2H3. The molecular formula is C15H15ClN2S. The van der Waals surface area contributed by atoms with Crippen LogP contribution < -0.4 is 0 Å². The lowest BCUT2D eigenvalue weighted by Crippen LogP contribution is -2.09. The smallest absolute Gasteiger partial charge is 0.125 e. The molecule has 2 heterocycles. The molecule has 4 heteroatoms. The quantitative estimate of drug-likeness (QED) is 0.636. The number of aromatic nitrogens is 2. The van der Waals surface area contributed by atoms with E-state index in [2.05, 4.69) is 58.4 Å². The zero-order valence-electron chi connectivity index (χ0n) is 10.9. The van der Waals surface area contributed by atoms with Crippen LogP contribution in [-0.4, -0.2) is 9.55 Å². The first-order chi connectivity index (χ1) is 9.20. The van der Waals surface area contributed by atoms with Gasteiger partial charge in [-0.15, -0.1) is 11.6 Å². The second-order valence-corrected chi connectivity index (χ2v) is 5.80. The number of nitrogens with zero attached hydrogens (tertiary/aromatic N) is 2. The molecule has 0 aliphatic rings. The van der Waals surface area contributed by atoms with Gasteiger partial charge in [0.05, 0.1) is 23.0 Å². The van der Waals surface area contributed by atoms with Gasteiger partial charge >= 0.3 is 0 Å². The van der Waals surface area contributed by atoms with Gasteiger partial charge in [-0.3, -0.25) is 0 Å². The second kappa shape index (κ2) is 4.99. The molecule has 0 aliphatic heterocycles. The van der Waals surface area contributed by atoms with E-state index >= 15 is 0 Å². The van der Waals surface area contributed by atoms with Crippen LogP contribution in [0.1, 0.15) is 29.9 Å². The minimum absolute atomic E-state index is 0.257. The number of fused-ring (bicyclic) bond motifs is 1. The predicted molar refractivity (Wildman–Crippen MR) is 82.2 cm³/mol. The molecule has 3 aromatic rings. The van der Waals surface area contributed by atoms with Gasteiger partial charge in [0.15, 0.2) is 0 Å². The molecule has 98 valence electrons. The predicted octanol–water partition coefficient (Wildman–Crippen LogP) is 4.75. The zero-order valence-corrected chi connectivity index (χ0v) is 12.5. The van der Waals surface area contributed by atoms with Crippen molar-refractivity contribution in [2.24, 2.45) is 0 Å². The van der Waals surface area contributed by atoms with E-state index in [0.29, 0.717) is 5.88 Å². The van der Waals surface area contributed by atoms with E-state index in [1.165, 1.54) is 11.1 Å². The van der Waals surface area contributed by atoms with Crippen molar-refractivity contribution < 1.29 is 0 Å². The van der Waals surface area contributed by atoms with E-state index in [4.69, 9.17) is 11.6 Å². The maximum atomic E-state index is 6.07. The lowest BCUT2D eigenvalue weighted by Gasteiger charge is -2.16. The van der Waals surface area contributed by atoms with Crippen LogP contribution >= 0.6 is 22.9 Å². The van der Waals surface area contributed by atoms with Gasteiger partial charge < -0.3 is 4.57 Å². The van der Waals surface area contributed by atoms with Gasteiger partial charge in [0.1, 0.15) is 5.82 Å². The molecular weight excluding hydrogens is 276 g/mol. The normalized spacial score (nSPS) is 13.0. The Hall–Kier alpha value is -1.32. The number of benzene rings is 1. The van der Waals surface area contributed by atoms with E-state index in [0.717, 1.165) is 16.9 Å². The van der Waals surface area contributed by atoms with Crippen molar-refractivity contribution in [3.63, 3.8) is 0 Å². The molecule has 2 nitrogen and oxygen atoms in total. The van der Waals surface area contributed by atoms with Crippen LogP contribution in [0.25, 0.3) is 11.0 Å². The number of halogens is 1. The van der Waals surface area contributed by atoms with E-state index in [1.54, 1.807) is 11.3 Å². The van der Waals surface area contributed by atoms with Gasteiger partial charge in [-0.05, 0) is 53.9 Å². The highest BCUT2D eigenvalue weighted by Crippen LogP contribution is 2.28. The SMILES string of the molecule is Cc1ccc2c(c1)nc(CCl)n2C(C)c1ccsc1. The Morgan fingerprint density at radius 3 is 2.89 bits per heavy atom. The van der Waals surface area contributed by atoms with Gasteiger partial charge in [-0.2, -0.15) is 11.3 Å². The summed E-state index contributed by atoms with van der Waals surface area (Å²) in [6.07, 6.45) is 0. The van der Waals surface area contributed by atoms with Crippen molar-refractivity contribution in [2.45, 2.75) is 25.8 Å². The highest BCUT2D eigenvalue weighted by atomic mass is 35.5. The molecule has 1 aromatic carbocycles. The van der Waals surface area contributed by atoms with Gasteiger partial charge in [-0.25, -0.2) is 4.98 Å². The van der Waals surface area contributed by atoms with E-state index in [-0.39, 0.29) is 6.04 Å². The van der Waals surface area contributed by atoms with Crippen LogP contribution in [0.4, 0.5) is 0 Å². The molecule has 0 N–H and O–H groups in total. The van der Waals surface area contributed by atoms with Crippen LogP contribution in [0.3, 0.4) is 0 Å². The Bertz CT molecular complexity index is 700. The van der Waals surface area contributed by atoms with Crippen molar-refractivity contribution in [1.29, 1.82) is 0 Å². The first-order valence-electron chi connectivity index (χ1n) is 6.26. The minimum atomic E-state index is 0.257. The number of alkyl halides is 1. The first-order valence-corrected chi connectivity index (χ1v) is 7.74. The first kappa shape index (κ1) is 12.7. The molecule has 2 aromatic heterocycles. The largest absolute Gasteiger partial charge is 0.320 e. The summed E-state index contributed by atoms with van der Waals surface area (Å²) in [5.74, 6) is 1.36. The molecule has 0 spiro atoms. The molecule has 0 saturated heterocycles. The van der Waals surface area contributed by atoms with Crippen LogP contribution in [0.2, 0.25) is 0 Å². The molecule has 0 radical (unpaired) electrons. The molecule has 0 saturated carbocycles. The van der Waals surface area contributed by atoms with Crippen LogP contribution in [0, 0.1) is 6.92 Å². The molecule has 19 heavy (non-hydrogen) atoms. The lowest BCUT2D eigenvalue weighted by atomic mass is 10.1. The highest BCUT2D eigenvalue weighted by molar-refractivity contribution is 7.07. The Kier molecular flexibility index (Phi) is 3.33.